The number of thiocarbonyl (C=S) groups is 1. The first-order valence-electron chi connectivity index (χ1n) is 9.37. The summed E-state index contributed by atoms with van der Waals surface area (Å²) >= 11 is 5.73. The van der Waals surface area contributed by atoms with E-state index in [0.29, 0.717) is 5.11 Å². The summed E-state index contributed by atoms with van der Waals surface area (Å²) in [5.41, 5.74) is 3.71. The molecule has 0 aliphatic rings. The van der Waals surface area contributed by atoms with Gasteiger partial charge in [-0.1, -0.05) is 36.4 Å². The monoisotopic (exact) mass is 394 g/mol. The van der Waals surface area contributed by atoms with Gasteiger partial charge in [0.1, 0.15) is 0 Å². The number of anilines is 2. The Morgan fingerprint density at radius 2 is 1.52 bits per heavy atom. The molecule has 29 heavy (non-hydrogen) atoms. The molecule has 3 aromatic carbocycles. The van der Waals surface area contributed by atoms with Gasteiger partial charge in [-0.2, -0.15) is 0 Å². The summed E-state index contributed by atoms with van der Waals surface area (Å²) in [6, 6.07) is 24.7. The highest BCUT2D eigenvalue weighted by Crippen LogP contribution is 2.30. The first-order chi connectivity index (χ1) is 14.2. The molecule has 0 unspecified atom stereocenters. The molecular formula is C24H18N4S. The number of fused-ring (bicyclic) bond motifs is 4. The predicted octanol–water partition coefficient (Wildman–Crippen LogP) is 5.77. The SMILES string of the molecule is CN(C(=S)Nc1cc2cccnc2c2ncccc12)c1ccc2ccccc2c1. The smallest absolute Gasteiger partial charge is 0.177 e. The van der Waals surface area contributed by atoms with Crippen molar-refractivity contribution in [1.29, 1.82) is 0 Å². The summed E-state index contributed by atoms with van der Waals surface area (Å²) < 4.78 is 0. The minimum absolute atomic E-state index is 0.619. The molecule has 1 N–H and O–H groups in total. The molecule has 0 aliphatic carbocycles. The minimum atomic E-state index is 0.619. The quantitative estimate of drug-likeness (QED) is 0.304. The van der Waals surface area contributed by atoms with Crippen molar-refractivity contribution in [1.82, 2.24) is 9.97 Å². The maximum absolute atomic E-state index is 5.73. The van der Waals surface area contributed by atoms with E-state index in [1.807, 2.05) is 48.3 Å². The van der Waals surface area contributed by atoms with Crippen LogP contribution >= 0.6 is 12.2 Å². The molecule has 2 aromatic heterocycles. The normalized spacial score (nSPS) is 11.1. The molecule has 0 amide bonds. The van der Waals surface area contributed by atoms with Gasteiger partial charge < -0.3 is 10.2 Å². The van der Waals surface area contributed by atoms with E-state index >= 15 is 0 Å². The van der Waals surface area contributed by atoms with E-state index in [4.69, 9.17) is 12.2 Å². The summed E-state index contributed by atoms with van der Waals surface area (Å²) in [6.45, 7) is 0. The molecule has 4 nitrogen and oxygen atoms in total. The largest absolute Gasteiger partial charge is 0.332 e. The minimum Gasteiger partial charge on any atom is -0.332 e. The maximum Gasteiger partial charge on any atom is 0.177 e. The maximum atomic E-state index is 5.73. The van der Waals surface area contributed by atoms with E-state index in [1.54, 1.807) is 12.4 Å². The van der Waals surface area contributed by atoms with E-state index < -0.39 is 0 Å². The highest BCUT2D eigenvalue weighted by atomic mass is 32.1. The lowest BCUT2D eigenvalue weighted by atomic mass is 10.1. The molecule has 0 atom stereocenters. The van der Waals surface area contributed by atoms with Crippen molar-refractivity contribution >= 4 is 61.3 Å². The van der Waals surface area contributed by atoms with Crippen LogP contribution in [-0.2, 0) is 0 Å². The van der Waals surface area contributed by atoms with Gasteiger partial charge >= 0.3 is 0 Å². The van der Waals surface area contributed by atoms with Gasteiger partial charge in [-0.05, 0) is 59.4 Å². The van der Waals surface area contributed by atoms with Gasteiger partial charge in [-0.3, -0.25) is 9.97 Å². The molecule has 2 heterocycles. The van der Waals surface area contributed by atoms with Crippen LogP contribution in [0.5, 0.6) is 0 Å². The highest BCUT2D eigenvalue weighted by molar-refractivity contribution is 7.80. The zero-order valence-electron chi connectivity index (χ0n) is 15.8. The summed E-state index contributed by atoms with van der Waals surface area (Å²) in [7, 11) is 1.97. The molecular weight excluding hydrogens is 376 g/mol. The molecule has 5 heteroatoms. The average Bonchev–Trinajstić information content (AvgIpc) is 2.78. The molecule has 0 spiro atoms. The zero-order chi connectivity index (χ0) is 19.8. The van der Waals surface area contributed by atoms with Crippen LogP contribution in [0.4, 0.5) is 11.4 Å². The number of rotatable bonds is 2. The average molecular weight is 395 g/mol. The summed E-state index contributed by atoms with van der Waals surface area (Å²) in [5, 5.41) is 8.45. The van der Waals surface area contributed by atoms with E-state index in [1.165, 1.54) is 10.8 Å². The van der Waals surface area contributed by atoms with Gasteiger partial charge in [0, 0.05) is 35.9 Å². The second kappa shape index (κ2) is 7.11. The fourth-order valence-electron chi connectivity index (χ4n) is 3.58. The first-order valence-corrected chi connectivity index (χ1v) is 9.77. The Bertz CT molecular complexity index is 1380. The van der Waals surface area contributed by atoms with Crippen LogP contribution in [0, 0.1) is 0 Å². The summed E-state index contributed by atoms with van der Waals surface area (Å²) in [4.78, 5) is 11.0. The predicted molar refractivity (Wildman–Crippen MR) is 126 cm³/mol. The van der Waals surface area contributed by atoms with E-state index in [2.05, 4.69) is 51.7 Å². The number of pyridine rings is 2. The van der Waals surface area contributed by atoms with E-state index in [0.717, 1.165) is 33.2 Å². The van der Waals surface area contributed by atoms with Gasteiger partial charge in [0.2, 0.25) is 0 Å². The van der Waals surface area contributed by atoms with Crippen LogP contribution in [0.25, 0.3) is 32.6 Å². The molecule has 140 valence electrons. The number of nitrogens with one attached hydrogen (secondary N) is 1. The molecule has 0 saturated heterocycles. The topological polar surface area (TPSA) is 41.0 Å². The fraction of sp³-hybridized carbons (Fsp3) is 0.0417. The van der Waals surface area contributed by atoms with Crippen molar-refractivity contribution in [3.8, 4) is 0 Å². The van der Waals surface area contributed by atoms with Gasteiger partial charge in [0.25, 0.3) is 0 Å². The van der Waals surface area contributed by atoms with Crippen molar-refractivity contribution in [3.63, 3.8) is 0 Å². The zero-order valence-corrected chi connectivity index (χ0v) is 16.6. The third kappa shape index (κ3) is 3.15. The van der Waals surface area contributed by atoms with Gasteiger partial charge in [0.15, 0.2) is 5.11 Å². The van der Waals surface area contributed by atoms with E-state index in [9.17, 15) is 0 Å². The highest BCUT2D eigenvalue weighted by Gasteiger charge is 2.12. The van der Waals surface area contributed by atoms with Crippen molar-refractivity contribution in [2.24, 2.45) is 0 Å². The van der Waals surface area contributed by atoms with Crippen molar-refractivity contribution in [3.05, 3.63) is 85.2 Å². The van der Waals surface area contributed by atoms with Crippen LogP contribution < -0.4 is 10.2 Å². The van der Waals surface area contributed by atoms with Gasteiger partial charge in [0.05, 0.1) is 16.7 Å². The summed E-state index contributed by atoms with van der Waals surface area (Å²) in [6.07, 6.45) is 3.58. The number of hydrogen-bond donors (Lipinski definition) is 1. The Hall–Kier alpha value is -3.57. The van der Waals surface area contributed by atoms with Crippen LogP contribution in [0.1, 0.15) is 0 Å². The number of nitrogens with zero attached hydrogens (tertiary/aromatic N) is 3. The Labute approximate surface area is 173 Å². The lowest BCUT2D eigenvalue weighted by Crippen LogP contribution is -2.30. The third-order valence-electron chi connectivity index (χ3n) is 5.13. The molecule has 0 saturated carbocycles. The number of hydrogen-bond acceptors (Lipinski definition) is 3. The second-order valence-electron chi connectivity index (χ2n) is 6.92. The Kier molecular flexibility index (Phi) is 4.30. The molecule has 0 radical (unpaired) electrons. The van der Waals surface area contributed by atoms with E-state index in [-0.39, 0.29) is 0 Å². The second-order valence-corrected chi connectivity index (χ2v) is 7.31. The van der Waals surface area contributed by atoms with Crippen LogP contribution in [0.15, 0.2) is 85.2 Å². The number of aromatic nitrogens is 2. The fourth-order valence-corrected chi connectivity index (χ4v) is 3.80. The standard InChI is InChI=1S/C24H18N4S/c1-28(19-11-10-16-6-2-3-7-17(16)14-19)24(29)27-21-15-18-8-4-12-25-22(18)23-20(21)9-5-13-26-23/h2-15H,1H3,(H,27,29). The van der Waals surface area contributed by atoms with Crippen molar-refractivity contribution in [2.45, 2.75) is 0 Å². The molecule has 5 rings (SSSR count). The third-order valence-corrected chi connectivity index (χ3v) is 5.50. The summed E-state index contributed by atoms with van der Waals surface area (Å²) in [5.74, 6) is 0. The number of benzene rings is 3. The van der Waals surface area contributed by atoms with Gasteiger partial charge in [-0.15, -0.1) is 0 Å². The molecule has 0 aliphatic heterocycles. The van der Waals surface area contributed by atoms with Crippen LogP contribution in [-0.4, -0.2) is 22.1 Å². The van der Waals surface area contributed by atoms with Gasteiger partial charge in [-0.25, -0.2) is 0 Å². The van der Waals surface area contributed by atoms with Crippen molar-refractivity contribution in [2.75, 3.05) is 17.3 Å². The Morgan fingerprint density at radius 1 is 0.793 bits per heavy atom. The van der Waals surface area contributed by atoms with Crippen molar-refractivity contribution < 1.29 is 0 Å². The molecule has 0 bridgehead atoms. The first kappa shape index (κ1) is 17.5. The van der Waals surface area contributed by atoms with Crippen LogP contribution in [0.3, 0.4) is 0 Å². The molecule has 5 aromatic rings. The molecule has 0 fully saturated rings. The lowest BCUT2D eigenvalue weighted by molar-refractivity contribution is 1.28. The Morgan fingerprint density at radius 3 is 2.38 bits per heavy atom. The van der Waals surface area contributed by atoms with Crippen LogP contribution in [0.2, 0.25) is 0 Å². The Balaban J connectivity index is 1.53. The lowest BCUT2D eigenvalue weighted by Gasteiger charge is -2.22.